The van der Waals surface area contributed by atoms with Crippen molar-refractivity contribution in [2.24, 2.45) is 0 Å². The highest BCUT2D eigenvalue weighted by atomic mass is 15.1. The van der Waals surface area contributed by atoms with E-state index in [4.69, 9.17) is 15.0 Å². The summed E-state index contributed by atoms with van der Waals surface area (Å²) < 4.78 is 2.22. The van der Waals surface area contributed by atoms with Crippen LogP contribution >= 0.6 is 0 Å². The van der Waals surface area contributed by atoms with Gasteiger partial charge in [-0.25, -0.2) is 15.0 Å². The normalized spacial score (nSPS) is 11.1. The Bertz CT molecular complexity index is 2260. The zero-order valence-electron chi connectivity index (χ0n) is 24.5. The predicted octanol–water partition coefficient (Wildman–Crippen LogP) is 10.2. The molecule has 8 rings (SSSR count). The molecule has 0 spiro atoms. The van der Waals surface area contributed by atoms with E-state index in [0.717, 1.165) is 61.8 Å². The Hall–Kier alpha value is -6.13. The molecule has 0 aliphatic carbocycles. The number of rotatable bonds is 6. The number of para-hydroxylation sites is 3. The maximum absolute atomic E-state index is 5.15. The van der Waals surface area contributed by atoms with Crippen LogP contribution in [0.15, 0.2) is 170 Å². The summed E-state index contributed by atoms with van der Waals surface area (Å²) in [6.07, 6.45) is 0. The van der Waals surface area contributed by atoms with Crippen molar-refractivity contribution in [2.45, 2.75) is 0 Å². The molecule has 4 nitrogen and oxygen atoms in total. The molecule has 45 heavy (non-hydrogen) atoms. The second-order valence-electron chi connectivity index (χ2n) is 11.0. The molecular weight excluding hydrogens is 548 g/mol. The largest absolute Gasteiger partial charge is 0.292 e. The second kappa shape index (κ2) is 11.5. The van der Waals surface area contributed by atoms with E-state index >= 15 is 0 Å². The average Bonchev–Trinajstić information content (AvgIpc) is 3.53. The van der Waals surface area contributed by atoms with Crippen LogP contribution in [0.3, 0.4) is 0 Å². The summed E-state index contributed by atoms with van der Waals surface area (Å²) in [4.78, 5) is 15.3. The number of hydrogen-bond donors (Lipinski definition) is 0. The van der Waals surface area contributed by atoms with E-state index in [0.29, 0.717) is 5.82 Å². The first-order valence-corrected chi connectivity index (χ1v) is 15.0. The van der Waals surface area contributed by atoms with E-state index in [-0.39, 0.29) is 0 Å². The lowest BCUT2D eigenvalue weighted by atomic mass is 10.0. The minimum atomic E-state index is 0.667. The molecule has 0 N–H and O–H groups in total. The number of benzene rings is 6. The van der Waals surface area contributed by atoms with Crippen LogP contribution < -0.4 is 0 Å². The molecule has 0 atom stereocenters. The highest BCUT2D eigenvalue weighted by Crippen LogP contribution is 2.33. The molecule has 0 unspecified atom stereocenters. The summed E-state index contributed by atoms with van der Waals surface area (Å²) in [5, 5.41) is 0. The molecule has 0 bridgehead atoms. The molecule has 0 fully saturated rings. The number of fused-ring (bicyclic) bond motifs is 1. The summed E-state index contributed by atoms with van der Waals surface area (Å²) >= 11 is 0. The van der Waals surface area contributed by atoms with Crippen LogP contribution in [0.2, 0.25) is 0 Å². The zero-order chi connectivity index (χ0) is 30.0. The van der Waals surface area contributed by atoms with E-state index in [1.165, 1.54) is 5.56 Å². The molecule has 212 valence electrons. The van der Waals surface area contributed by atoms with E-state index < -0.39 is 0 Å². The maximum atomic E-state index is 5.15. The van der Waals surface area contributed by atoms with Gasteiger partial charge in [0.1, 0.15) is 5.82 Å². The van der Waals surface area contributed by atoms with Crippen LogP contribution in [-0.4, -0.2) is 19.5 Å². The monoisotopic (exact) mass is 576 g/mol. The van der Waals surface area contributed by atoms with Gasteiger partial charge in [-0.3, -0.25) is 4.57 Å². The van der Waals surface area contributed by atoms with Crippen LogP contribution in [0.1, 0.15) is 0 Å². The molecule has 2 aromatic heterocycles. The Morgan fingerprint density at radius 2 is 0.889 bits per heavy atom. The molecule has 0 aliphatic heterocycles. The van der Waals surface area contributed by atoms with Gasteiger partial charge in [0.2, 0.25) is 0 Å². The van der Waals surface area contributed by atoms with Gasteiger partial charge in [-0.05, 0) is 53.6 Å². The third-order valence-electron chi connectivity index (χ3n) is 8.02. The number of nitrogens with zero attached hydrogens (tertiary/aromatic N) is 4. The van der Waals surface area contributed by atoms with Crippen molar-refractivity contribution in [1.29, 1.82) is 0 Å². The van der Waals surface area contributed by atoms with E-state index in [9.17, 15) is 0 Å². The van der Waals surface area contributed by atoms with Gasteiger partial charge in [0, 0.05) is 27.9 Å². The van der Waals surface area contributed by atoms with Crippen molar-refractivity contribution in [3.05, 3.63) is 170 Å². The molecule has 0 saturated carbocycles. The Labute approximate surface area is 262 Å². The third-order valence-corrected chi connectivity index (χ3v) is 8.02. The highest BCUT2D eigenvalue weighted by molar-refractivity contribution is 5.84. The minimum absolute atomic E-state index is 0.667. The van der Waals surface area contributed by atoms with Gasteiger partial charge >= 0.3 is 0 Å². The lowest BCUT2D eigenvalue weighted by molar-refractivity contribution is 1.10. The predicted molar refractivity (Wildman–Crippen MR) is 184 cm³/mol. The van der Waals surface area contributed by atoms with E-state index in [1.54, 1.807) is 0 Å². The summed E-state index contributed by atoms with van der Waals surface area (Å²) in [7, 11) is 0. The second-order valence-corrected chi connectivity index (χ2v) is 11.0. The third kappa shape index (κ3) is 5.19. The summed E-state index contributed by atoms with van der Waals surface area (Å²) in [5.74, 6) is 1.54. The number of hydrogen-bond acceptors (Lipinski definition) is 3. The topological polar surface area (TPSA) is 43.6 Å². The van der Waals surface area contributed by atoms with Crippen molar-refractivity contribution < 1.29 is 0 Å². The van der Waals surface area contributed by atoms with Crippen molar-refractivity contribution in [1.82, 2.24) is 19.5 Å². The van der Waals surface area contributed by atoms with Gasteiger partial charge in [-0.1, -0.05) is 127 Å². The molecule has 0 amide bonds. The van der Waals surface area contributed by atoms with Gasteiger partial charge in [-0.2, -0.15) is 0 Å². The van der Waals surface area contributed by atoms with Gasteiger partial charge in [0.15, 0.2) is 5.82 Å². The molecule has 2 heterocycles. The van der Waals surface area contributed by atoms with Crippen molar-refractivity contribution in [3.8, 4) is 62.1 Å². The van der Waals surface area contributed by atoms with Crippen LogP contribution in [0.5, 0.6) is 0 Å². The SMILES string of the molecule is c1ccc(-c2cccc(-c3cc(-c4ccccc4)nc(-c4cccc(-c5nc6ccccc6n5-c5ccccc5)c4)n3)c2)cc1. The first-order valence-electron chi connectivity index (χ1n) is 15.0. The maximum Gasteiger partial charge on any atom is 0.160 e. The lowest BCUT2D eigenvalue weighted by Gasteiger charge is -2.12. The quantitative estimate of drug-likeness (QED) is 0.198. The van der Waals surface area contributed by atoms with Crippen LogP contribution in [0, 0.1) is 0 Å². The Balaban J connectivity index is 1.29. The Morgan fingerprint density at radius 1 is 0.356 bits per heavy atom. The fraction of sp³-hybridized carbons (Fsp3) is 0. The smallest absolute Gasteiger partial charge is 0.160 e. The highest BCUT2D eigenvalue weighted by Gasteiger charge is 2.16. The van der Waals surface area contributed by atoms with Crippen LogP contribution in [-0.2, 0) is 0 Å². The Kier molecular flexibility index (Phi) is 6.78. The van der Waals surface area contributed by atoms with Crippen molar-refractivity contribution in [3.63, 3.8) is 0 Å². The van der Waals surface area contributed by atoms with Crippen LogP contribution in [0.25, 0.3) is 73.1 Å². The van der Waals surface area contributed by atoms with E-state index in [2.05, 4.69) is 138 Å². The number of imidazole rings is 1. The molecule has 0 aliphatic rings. The number of aromatic nitrogens is 4. The zero-order valence-corrected chi connectivity index (χ0v) is 24.5. The molecule has 0 saturated heterocycles. The molecule has 6 aromatic carbocycles. The Morgan fingerprint density at radius 3 is 1.64 bits per heavy atom. The molecule has 4 heteroatoms. The minimum Gasteiger partial charge on any atom is -0.292 e. The van der Waals surface area contributed by atoms with Crippen LogP contribution in [0.4, 0.5) is 0 Å². The first kappa shape index (κ1) is 26.5. The molecule has 0 radical (unpaired) electrons. The molecule has 8 aromatic rings. The van der Waals surface area contributed by atoms with Gasteiger partial charge in [0.25, 0.3) is 0 Å². The van der Waals surface area contributed by atoms with Crippen molar-refractivity contribution >= 4 is 11.0 Å². The summed E-state index contributed by atoms with van der Waals surface area (Å²) in [6, 6.07) is 58.4. The van der Waals surface area contributed by atoms with Gasteiger partial charge in [0.05, 0.1) is 22.4 Å². The first-order chi connectivity index (χ1) is 22.3. The average molecular weight is 577 g/mol. The lowest BCUT2D eigenvalue weighted by Crippen LogP contribution is -1.99. The van der Waals surface area contributed by atoms with Crippen molar-refractivity contribution in [2.75, 3.05) is 0 Å². The van der Waals surface area contributed by atoms with Gasteiger partial charge in [-0.15, -0.1) is 0 Å². The summed E-state index contributed by atoms with van der Waals surface area (Å²) in [5.41, 5.74) is 11.2. The molecular formula is C41H28N4. The van der Waals surface area contributed by atoms with E-state index in [1.807, 2.05) is 36.4 Å². The summed E-state index contributed by atoms with van der Waals surface area (Å²) in [6.45, 7) is 0. The fourth-order valence-electron chi connectivity index (χ4n) is 5.83. The standard InChI is InChI=1S/C41H28N4/c1-4-14-29(15-5-1)31-18-12-19-32(26-31)38-28-37(30-16-6-2-7-17-30)42-40(43-38)33-20-13-21-34(27-33)41-44-36-24-10-11-25-39(36)45(41)35-22-8-3-9-23-35/h1-28H. The fourth-order valence-corrected chi connectivity index (χ4v) is 5.83. The van der Waals surface area contributed by atoms with Gasteiger partial charge < -0.3 is 0 Å².